The highest BCUT2D eigenvalue weighted by Crippen LogP contribution is 2.45. The van der Waals surface area contributed by atoms with Gasteiger partial charge in [-0.05, 0) is 66.7 Å². The molecule has 0 aliphatic carbocycles. The van der Waals surface area contributed by atoms with E-state index >= 15 is 0 Å². The smallest absolute Gasteiger partial charge is 0.169 e. The minimum atomic E-state index is 0.789. The number of fused-ring (bicyclic) bond motifs is 10. The number of para-hydroxylation sites is 7. The highest BCUT2D eigenvalue weighted by Gasteiger charge is 2.25. The third-order valence-electron chi connectivity index (χ3n) is 12.5. The molecule has 0 aliphatic rings. The summed E-state index contributed by atoms with van der Waals surface area (Å²) in [5.41, 5.74) is 13.2. The SMILES string of the molecule is c1ccc(-c2nnc(-c3cccc4c3c3ccccc3n4-c3ccccc3-n3c4ccccc4c4c3ccc3c5ccccc5n(-c5ccccc5)c34)n2-c2ccccc2)cc1. The van der Waals surface area contributed by atoms with Crippen molar-refractivity contribution in [3.63, 3.8) is 0 Å². The minimum absolute atomic E-state index is 0.789. The Hall–Kier alpha value is -8.48. The first-order chi connectivity index (χ1) is 30.8. The lowest BCUT2D eigenvalue weighted by atomic mass is 10.1. The molecule has 4 heterocycles. The van der Waals surface area contributed by atoms with E-state index in [0.717, 1.165) is 78.4 Å². The van der Waals surface area contributed by atoms with E-state index in [1.54, 1.807) is 0 Å². The van der Waals surface area contributed by atoms with Crippen molar-refractivity contribution in [1.82, 2.24) is 28.5 Å². The number of hydrogen-bond acceptors (Lipinski definition) is 2. The standard InChI is InChI=1S/C56H36N6/c1-4-19-37(20-5-1)55-57-58-56(60(55)39-23-8-3-9-24-39)44-28-18-34-50-52(44)42-26-11-14-30-46(42)61(50)48-32-16-17-33-49(48)62-47-31-15-12-27-43(47)53-51(62)36-35-41-40-25-10-13-29-45(40)59(54(41)53)38-21-6-2-7-22-38/h1-36H. The molecule has 0 saturated heterocycles. The van der Waals surface area contributed by atoms with E-state index in [0.29, 0.717) is 0 Å². The Morgan fingerprint density at radius 3 is 1.39 bits per heavy atom. The molecule has 9 aromatic carbocycles. The number of nitrogens with zero attached hydrogens (tertiary/aromatic N) is 6. The molecule has 0 unspecified atom stereocenters. The van der Waals surface area contributed by atoms with Gasteiger partial charge in [-0.15, -0.1) is 10.2 Å². The summed E-state index contributed by atoms with van der Waals surface area (Å²) in [7, 11) is 0. The van der Waals surface area contributed by atoms with Crippen LogP contribution in [0.1, 0.15) is 0 Å². The van der Waals surface area contributed by atoms with Crippen LogP contribution in [-0.2, 0) is 0 Å². The molecule has 0 aliphatic heterocycles. The molecule has 0 radical (unpaired) electrons. The zero-order valence-corrected chi connectivity index (χ0v) is 33.5. The van der Waals surface area contributed by atoms with Crippen molar-refractivity contribution in [1.29, 1.82) is 0 Å². The van der Waals surface area contributed by atoms with Crippen LogP contribution in [0, 0.1) is 0 Å². The Morgan fingerprint density at radius 2 is 0.742 bits per heavy atom. The molecule has 0 amide bonds. The molecular formula is C56H36N6. The van der Waals surface area contributed by atoms with Crippen molar-refractivity contribution >= 4 is 65.4 Å². The van der Waals surface area contributed by atoms with Crippen LogP contribution in [0.4, 0.5) is 0 Å². The maximum Gasteiger partial charge on any atom is 0.169 e. The Kier molecular flexibility index (Phi) is 7.50. The first-order valence-electron chi connectivity index (χ1n) is 21.0. The van der Waals surface area contributed by atoms with Crippen molar-refractivity contribution in [2.75, 3.05) is 0 Å². The van der Waals surface area contributed by atoms with Crippen LogP contribution in [0.2, 0.25) is 0 Å². The summed E-state index contributed by atoms with van der Waals surface area (Å²) in [4.78, 5) is 0. The zero-order valence-electron chi connectivity index (χ0n) is 33.5. The van der Waals surface area contributed by atoms with Gasteiger partial charge >= 0.3 is 0 Å². The van der Waals surface area contributed by atoms with Crippen LogP contribution in [0.5, 0.6) is 0 Å². The molecule has 13 rings (SSSR count). The average molecular weight is 793 g/mol. The van der Waals surface area contributed by atoms with Gasteiger partial charge in [0.05, 0.1) is 44.5 Å². The fourth-order valence-electron chi connectivity index (χ4n) is 9.98. The molecule has 0 spiro atoms. The maximum atomic E-state index is 4.97. The van der Waals surface area contributed by atoms with Crippen LogP contribution in [0.3, 0.4) is 0 Å². The first-order valence-corrected chi connectivity index (χ1v) is 21.0. The van der Waals surface area contributed by atoms with Crippen LogP contribution >= 0.6 is 0 Å². The average Bonchev–Trinajstić information content (AvgIpc) is 4.11. The summed E-state index contributed by atoms with van der Waals surface area (Å²) in [6.07, 6.45) is 0. The molecule has 0 fully saturated rings. The van der Waals surface area contributed by atoms with E-state index in [-0.39, 0.29) is 0 Å². The lowest BCUT2D eigenvalue weighted by Gasteiger charge is -2.17. The molecular weight excluding hydrogens is 757 g/mol. The molecule has 6 nitrogen and oxygen atoms in total. The van der Waals surface area contributed by atoms with Gasteiger partial charge < -0.3 is 13.7 Å². The first kappa shape index (κ1) is 34.4. The van der Waals surface area contributed by atoms with E-state index in [4.69, 9.17) is 10.2 Å². The second-order valence-electron chi connectivity index (χ2n) is 15.8. The third kappa shape index (κ3) is 4.92. The van der Waals surface area contributed by atoms with Gasteiger partial charge in [0.15, 0.2) is 11.6 Å². The largest absolute Gasteiger partial charge is 0.309 e. The fourth-order valence-corrected chi connectivity index (χ4v) is 9.98. The lowest BCUT2D eigenvalue weighted by molar-refractivity contribution is 1.07. The van der Waals surface area contributed by atoms with Gasteiger partial charge in [-0.2, -0.15) is 0 Å². The summed E-state index contributed by atoms with van der Waals surface area (Å²) in [6.45, 7) is 0. The normalized spacial score (nSPS) is 11.9. The molecule has 62 heavy (non-hydrogen) atoms. The molecule has 6 heteroatoms. The predicted octanol–water partition coefficient (Wildman–Crippen LogP) is 13.9. The predicted molar refractivity (Wildman–Crippen MR) is 255 cm³/mol. The van der Waals surface area contributed by atoms with Gasteiger partial charge in [-0.25, -0.2) is 0 Å². The van der Waals surface area contributed by atoms with E-state index in [2.05, 4.69) is 212 Å². The Balaban J connectivity index is 1.10. The topological polar surface area (TPSA) is 45.5 Å². The van der Waals surface area contributed by atoms with Gasteiger partial charge in [-0.3, -0.25) is 4.57 Å². The Morgan fingerprint density at radius 1 is 0.274 bits per heavy atom. The summed E-state index contributed by atoms with van der Waals surface area (Å²) in [5.74, 6) is 1.58. The Labute approximate surface area is 356 Å². The molecule has 13 aromatic rings. The van der Waals surface area contributed by atoms with Gasteiger partial charge in [0, 0.05) is 54.8 Å². The van der Waals surface area contributed by atoms with E-state index < -0.39 is 0 Å². The molecule has 0 atom stereocenters. The second-order valence-corrected chi connectivity index (χ2v) is 15.8. The molecule has 0 saturated carbocycles. The highest BCUT2D eigenvalue weighted by molar-refractivity contribution is 6.26. The van der Waals surface area contributed by atoms with E-state index in [9.17, 15) is 0 Å². The number of hydrogen-bond donors (Lipinski definition) is 0. The fraction of sp³-hybridized carbons (Fsp3) is 0. The zero-order chi connectivity index (χ0) is 40.7. The summed E-state index contributed by atoms with van der Waals surface area (Å²) >= 11 is 0. The molecule has 290 valence electrons. The van der Waals surface area contributed by atoms with Crippen molar-refractivity contribution in [3.8, 4) is 45.5 Å². The van der Waals surface area contributed by atoms with Crippen molar-refractivity contribution in [2.24, 2.45) is 0 Å². The summed E-state index contributed by atoms with van der Waals surface area (Å²) in [5, 5.41) is 17.0. The molecule has 0 bridgehead atoms. The number of rotatable bonds is 6. The lowest BCUT2D eigenvalue weighted by Crippen LogP contribution is -2.03. The monoisotopic (exact) mass is 792 g/mol. The number of benzene rings is 9. The van der Waals surface area contributed by atoms with Crippen molar-refractivity contribution in [2.45, 2.75) is 0 Å². The van der Waals surface area contributed by atoms with Crippen LogP contribution < -0.4 is 0 Å². The summed E-state index contributed by atoms with van der Waals surface area (Å²) < 4.78 is 9.54. The quantitative estimate of drug-likeness (QED) is 0.168. The van der Waals surface area contributed by atoms with Crippen LogP contribution in [0.15, 0.2) is 218 Å². The highest BCUT2D eigenvalue weighted by atomic mass is 15.3. The van der Waals surface area contributed by atoms with Gasteiger partial charge in [-0.1, -0.05) is 152 Å². The Bertz CT molecular complexity index is 3850. The van der Waals surface area contributed by atoms with Crippen molar-refractivity contribution < 1.29 is 0 Å². The summed E-state index contributed by atoms with van der Waals surface area (Å²) in [6, 6.07) is 77.9. The molecule has 4 aromatic heterocycles. The van der Waals surface area contributed by atoms with Gasteiger partial charge in [0.25, 0.3) is 0 Å². The van der Waals surface area contributed by atoms with Crippen LogP contribution in [-0.4, -0.2) is 28.5 Å². The van der Waals surface area contributed by atoms with E-state index in [1.807, 2.05) is 24.3 Å². The van der Waals surface area contributed by atoms with Crippen LogP contribution in [0.25, 0.3) is 111 Å². The number of aromatic nitrogens is 6. The maximum absolute atomic E-state index is 4.97. The minimum Gasteiger partial charge on any atom is -0.309 e. The molecule has 0 N–H and O–H groups in total. The van der Waals surface area contributed by atoms with E-state index in [1.165, 1.54) is 32.6 Å². The van der Waals surface area contributed by atoms with Crippen molar-refractivity contribution in [3.05, 3.63) is 218 Å². The second kappa shape index (κ2) is 13.5. The van der Waals surface area contributed by atoms with Gasteiger partial charge in [0.1, 0.15) is 0 Å². The third-order valence-corrected chi connectivity index (χ3v) is 12.5. The van der Waals surface area contributed by atoms with Gasteiger partial charge in [0.2, 0.25) is 0 Å².